The van der Waals surface area contributed by atoms with Crippen LogP contribution >= 0.6 is 0 Å². The summed E-state index contributed by atoms with van der Waals surface area (Å²) in [6.07, 6.45) is 1.71. The zero-order valence-corrected chi connectivity index (χ0v) is 16.7. The van der Waals surface area contributed by atoms with Crippen molar-refractivity contribution in [3.8, 4) is 11.5 Å². The average molecular weight is 407 g/mol. The molecular weight excluding hydrogens is 386 g/mol. The number of pyridine rings is 1. The van der Waals surface area contributed by atoms with Gasteiger partial charge in [-0.05, 0) is 18.2 Å². The standard InChI is InChI=1S/C20H21N7O3/c1-28-15-10-12-13(11-16(15)29-2)23-19(24-17(12)21)26-6-8-27(9-7-26)20-25-18-14(30-20)4-3-5-22-18/h3-5,10-11H,6-9H2,1-2H3,(H2,21,23,24). The van der Waals surface area contributed by atoms with Gasteiger partial charge in [0.05, 0.1) is 19.7 Å². The molecule has 5 rings (SSSR count). The van der Waals surface area contributed by atoms with Gasteiger partial charge in [-0.2, -0.15) is 9.97 Å². The van der Waals surface area contributed by atoms with Crippen LogP contribution in [0.15, 0.2) is 34.9 Å². The van der Waals surface area contributed by atoms with E-state index in [1.165, 1.54) is 0 Å². The van der Waals surface area contributed by atoms with Crippen molar-refractivity contribution in [2.24, 2.45) is 0 Å². The van der Waals surface area contributed by atoms with E-state index in [2.05, 4.69) is 24.8 Å². The van der Waals surface area contributed by atoms with Crippen LogP contribution in [-0.4, -0.2) is 60.3 Å². The maximum atomic E-state index is 6.22. The van der Waals surface area contributed by atoms with E-state index in [9.17, 15) is 0 Å². The third kappa shape index (κ3) is 3.06. The summed E-state index contributed by atoms with van der Waals surface area (Å²) in [5, 5.41) is 0.731. The molecule has 0 aliphatic carbocycles. The van der Waals surface area contributed by atoms with Gasteiger partial charge in [0.1, 0.15) is 5.82 Å². The lowest BCUT2D eigenvalue weighted by Gasteiger charge is -2.33. The fourth-order valence-corrected chi connectivity index (χ4v) is 3.60. The summed E-state index contributed by atoms with van der Waals surface area (Å²) in [6.45, 7) is 2.87. The van der Waals surface area contributed by atoms with Crippen molar-refractivity contribution in [1.29, 1.82) is 0 Å². The van der Waals surface area contributed by atoms with Gasteiger partial charge in [0.15, 0.2) is 17.1 Å². The zero-order valence-electron chi connectivity index (χ0n) is 16.7. The molecule has 0 saturated carbocycles. The lowest BCUT2D eigenvalue weighted by Crippen LogP contribution is -2.47. The molecule has 1 aromatic carbocycles. The summed E-state index contributed by atoms with van der Waals surface area (Å²) < 4.78 is 16.6. The molecular formula is C20H21N7O3. The minimum absolute atomic E-state index is 0.406. The normalized spacial score (nSPS) is 14.5. The van der Waals surface area contributed by atoms with E-state index < -0.39 is 0 Å². The lowest BCUT2D eigenvalue weighted by atomic mass is 10.2. The summed E-state index contributed by atoms with van der Waals surface area (Å²) in [5.41, 5.74) is 8.24. The molecule has 3 aromatic heterocycles. The van der Waals surface area contributed by atoms with Crippen LogP contribution in [0.25, 0.3) is 22.1 Å². The lowest BCUT2D eigenvalue weighted by molar-refractivity contribution is 0.356. The van der Waals surface area contributed by atoms with Crippen molar-refractivity contribution in [2.45, 2.75) is 0 Å². The third-order valence-electron chi connectivity index (χ3n) is 5.21. The monoisotopic (exact) mass is 407 g/mol. The first-order chi connectivity index (χ1) is 14.7. The molecule has 0 amide bonds. The molecule has 1 aliphatic heterocycles. The summed E-state index contributed by atoms with van der Waals surface area (Å²) >= 11 is 0. The molecule has 1 saturated heterocycles. The summed E-state index contributed by atoms with van der Waals surface area (Å²) in [6, 6.07) is 7.90. The van der Waals surface area contributed by atoms with Gasteiger partial charge in [-0.3, -0.25) is 0 Å². The molecule has 4 heterocycles. The Morgan fingerprint density at radius 3 is 2.43 bits per heavy atom. The van der Waals surface area contributed by atoms with Gasteiger partial charge < -0.3 is 29.4 Å². The molecule has 0 atom stereocenters. The average Bonchev–Trinajstić information content (AvgIpc) is 3.22. The number of nitrogen functional groups attached to an aromatic ring is 1. The number of methoxy groups -OCH3 is 2. The fourth-order valence-electron chi connectivity index (χ4n) is 3.60. The third-order valence-corrected chi connectivity index (χ3v) is 5.21. The highest BCUT2D eigenvalue weighted by Crippen LogP contribution is 2.34. The maximum absolute atomic E-state index is 6.22. The Bertz CT molecular complexity index is 1180. The Labute approximate surface area is 172 Å². The second-order valence-electron chi connectivity index (χ2n) is 6.93. The first-order valence-electron chi connectivity index (χ1n) is 9.57. The molecule has 2 N–H and O–H groups in total. The van der Waals surface area contributed by atoms with Crippen molar-refractivity contribution < 1.29 is 13.9 Å². The molecule has 154 valence electrons. The Morgan fingerprint density at radius 1 is 0.967 bits per heavy atom. The van der Waals surface area contributed by atoms with E-state index in [0.29, 0.717) is 59.1 Å². The molecule has 0 spiro atoms. The number of nitrogens with two attached hydrogens (primary N) is 1. The first-order valence-corrected chi connectivity index (χ1v) is 9.57. The van der Waals surface area contributed by atoms with Gasteiger partial charge in [0.25, 0.3) is 6.01 Å². The van der Waals surface area contributed by atoms with Crippen LogP contribution in [0, 0.1) is 0 Å². The van der Waals surface area contributed by atoms with Crippen LogP contribution in [-0.2, 0) is 0 Å². The topological polar surface area (TPSA) is 116 Å². The molecule has 0 bridgehead atoms. The minimum Gasteiger partial charge on any atom is -0.493 e. The van der Waals surface area contributed by atoms with Crippen molar-refractivity contribution in [2.75, 3.05) is 55.9 Å². The van der Waals surface area contributed by atoms with E-state index in [1.54, 1.807) is 26.5 Å². The number of nitrogens with zero attached hydrogens (tertiary/aromatic N) is 6. The molecule has 1 fully saturated rings. The molecule has 10 heteroatoms. The predicted molar refractivity (Wildman–Crippen MR) is 113 cm³/mol. The van der Waals surface area contributed by atoms with Gasteiger partial charge >= 0.3 is 0 Å². The number of anilines is 3. The van der Waals surface area contributed by atoms with E-state index in [-0.39, 0.29) is 0 Å². The van der Waals surface area contributed by atoms with Crippen LogP contribution in [0.4, 0.5) is 17.8 Å². The number of fused-ring (bicyclic) bond motifs is 2. The van der Waals surface area contributed by atoms with Crippen LogP contribution < -0.4 is 25.0 Å². The highest BCUT2D eigenvalue weighted by atomic mass is 16.5. The van der Waals surface area contributed by atoms with E-state index >= 15 is 0 Å². The van der Waals surface area contributed by atoms with Crippen LogP contribution in [0.2, 0.25) is 0 Å². The zero-order chi connectivity index (χ0) is 20.7. The van der Waals surface area contributed by atoms with Crippen LogP contribution in [0.3, 0.4) is 0 Å². The number of ether oxygens (including phenoxy) is 2. The van der Waals surface area contributed by atoms with E-state index in [1.807, 2.05) is 18.2 Å². The number of piperazine rings is 1. The fraction of sp³-hybridized carbons (Fsp3) is 0.300. The molecule has 0 unspecified atom stereocenters. The summed E-state index contributed by atoms with van der Waals surface area (Å²) in [5.74, 6) is 2.19. The molecule has 0 radical (unpaired) electrons. The van der Waals surface area contributed by atoms with Gasteiger partial charge in [-0.25, -0.2) is 9.97 Å². The Kier molecular flexibility index (Phi) is 4.38. The number of benzene rings is 1. The van der Waals surface area contributed by atoms with Crippen LogP contribution in [0.5, 0.6) is 11.5 Å². The summed E-state index contributed by atoms with van der Waals surface area (Å²) in [4.78, 5) is 22.1. The number of oxazole rings is 1. The van der Waals surface area contributed by atoms with Crippen molar-refractivity contribution in [3.63, 3.8) is 0 Å². The maximum Gasteiger partial charge on any atom is 0.300 e. The highest BCUT2D eigenvalue weighted by molar-refractivity contribution is 5.91. The number of hydrogen-bond acceptors (Lipinski definition) is 10. The number of rotatable bonds is 4. The van der Waals surface area contributed by atoms with Crippen LogP contribution in [0.1, 0.15) is 0 Å². The molecule has 4 aromatic rings. The van der Waals surface area contributed by atoms with Crippen molar-refractivity contribution in [3.05, 3.63) is 30.5 Å². The molecule has 1 aliphatic rings. The first kappa shape index (κ1) is 18.2. The quantitative estimate of drug-likeness (QED) is 0.539. The van der Waals surface area contributed by atoms with E-state index in [0.717, 1.165) is 18.5 Å². The Hall–Kier alpha value is -3.82. The minimum atomic E-state index is 0.406. The van der Waals surface area contributed by atoms with Gasteiger partial charge in [-0.1, -0.05) is 0 Å². The smallest absolute Gasteiger partial charge is 0.300 e. The van der Waals surface area contributed by atoms with Crippen molar-refractivity contribution in [1.82, 2.24) is 19.9 Å². The Balaban J connectivity index is 1.38. The van der Waals surface area contributed by atoms with E-state index in [4.69, 9.17) is 24.6 Å². The summed E-state index contributed by atoms with van der Waals surface area (Å²) in [7, 11) is 3.18. The molecule has 30 heavy (non-hydrogen) atoms. The number of aromatic nitrogens is 4. The van der Waals surface area contributed by atoms with Gasteiger partial charge in [0, 0.05) is 43.8 Å². The second kappa shape index (κ2) is 7.21. The highest BCUT2D eigenvalue weighted by Gasteiger charge is 2.24. The predicted octanol–water partition coefficient (Wildman–Crippen LogP) is 2.09. The molecule has 10 nitrogen and oxygen atoms in total. The Morgan fingerprint density at radius 2 is 1.70 bits per heavy atom. The number of hydrogen-bond donors (Lipinski definition) is 1. The van der Waals surface area contributed by atoms with Gasteiger partial charge in [0.2, 0.25) is 11.6 Å². The van der Waals surface area contributed by atoms with Gasteiger partial charge in [-0.15, -0.1) is 0 Å². The SMILES string of the molecule is COc1cc2nc(N3CCN(c4nc5ncccc5o4)CC3)nc(N)c2cc1OC. The van der Waals surface area contributed by atoms with Crippen molar-refractivity contribution >= 4 is 39.9 Å². The second-order valence-corrected chi connectivity index (χ2v) is 6.93. The largest absolute Gasteiger partial charge is 0.493 e.